The molecule has 0 bridgehead atoms. The molecular weight excluding hydrogens is 150 g/mol. The lowest BCUT2D eigenvalue weighted by Crippen LogP contribution is -2.50. The van der Waals surface area contributed by atoms with E-state index in [-0.39, 0.29) is 0 Å². The van der Waals surface area contributed by atoms with E-state index < -0.39 is 0 Å². The Balaban J connectivity index is 1.97. The Kier molecular flexibility index (Phi) is 2.37. The number of hydrogen-bond acceptors (Lipinski definition) is 2. The maximum Gasteiger partial charge on any atom is 0.0601 e. The molecule has 2 heteroatoms. The summed E-state index contributed by atoms with van der Waals surface area (Å²) in [5, 5.41) is 3.68. The monoisotopic (exact) mass is 169 g/mol. The van der Waals surface area contributed by atoms with Gasteiger partial charge in [-0.05, 0) is 32.2 Å². The normalized spacial score (nSPS) is 34.2. The van der Waals surface area contributed by atoms with Crippen LogP contribution in [0.25, 0.3) is 0 Å². The minimum Gasteiger partial charge on any atom is -0.381 e. The van der Waals surface area contributed by atoms with Crippen molar-refractivity contribution in [2.24, 2.45) is 0 Å². The zero-order chi connectivity index (χ0) is 8.44. The Morgan fingerprint density at radius 3 is 2.75 bits per heavy atom. The Morgan fingerprint density at radius 1 is 1.33 bits per heavy atom. The smallest absolute Gasteiger partial charge is 0.0601 e. The lowest BCUT2D eigenvalue weighted by molar-refractivity contribution is 0.0367. The van der Waals surface area contributed by atoms with Crippen molar-refractivity contribution in [2.45, 2.75) is 50.2 Å². The predicted molar refractivity (Wildman–Crippen MR) is 49.2 cm³/mol. The molecule has 0 aromatic rings. The van der Waals surface area contributed by atoms with Crippen molar-refractivity contribution < 1.29 is 4.74 Å². The third kappa shape index (κ3) is 1.50. The average Bonchev–Trinajstić information content (AvgIpc) is 2.53. The van der Waals surface area contributed by atoms with Crippen LogP contribution in [0.1, 0.15) is 38.5 Å². The van der Waals surface area contributed by atoms with E-state index in [0.29, 0.717) is 11.6 Å². The molecule has 1 saturated carbocycles. The van der Waals surface area contributed by atoms with Crippen LogP contribution in [-0.2, 0) is 4.74 Å². The van der Waals surface area contributed by atoms with Crippen LogP contribution in [-0.4, -0.2) is 25.3 Å². The van der Waals surface area contributed by atoms with E-state index in [1.807, 2.05) is 7.11 Å². The second kappa shape index (κ2) is 3.35. The maximum absolute atomic E-state index is 5.44. The largest absolute Gasteiger partial charge is 0.381 e. The molecule has 1 aliphatic carbocycles. The number of rotatable bonds is 1. The van der Waals surface area contributed by atoms with Gasteiger partial charge in [-0.1, -0.05) is 12.8 Å². The second-order valence-corrected chi connectivity index (χ2v) is 4.26. The van der Waals surface area contributed by atoms with Gasteiger partial charge in [-0.15, -0.1) is 0 Å². The van der Waals surface area contributed by atoms with E-state index in [4.69, 9.17) is 4.74 Å². The lowest BCUT2D eigenvalue weighted by atomic mass is 9.86. The molecule has 1 aliphatic heterocycles. The van der Waals surface area contributed by atoms with Gasteiger partial charge in [0.25, 0.3) is 0 Å². The fourth-order valence-electron chi connectivity index (χ4n) is 2.74. The van der Waals surface area contributed by atoms with Crippen LogP contribution in [0, 0.1) is 0 Å². The van der Waals surface area contributed by atoms with Gasteiger partial charge >= 0.3 is 0 Å². The zero-order valence-corrected chi connectivity index (χ0v) is 7.94. The van der Waals surface area contributed by atoms with Gasteiger partial charge < -0.3 is 10.1 Å². The summed E-state index contributed by atoms with van der Waals surface area (Å²) < 4.78 is 5.44. The van der Waals surface area contributed by atoms with Crippen LogP contribution in [0.3, 0.4) is 0 Å². The van der Waals surface area contributed by atoms with Crippen LogP contribution >= 0.6 is 0 Å². The standard InChI is InChI=1S/C10H19NO/c1-12-9-4-7-11-10(8-9)5-2-3-6-10/h9,11H,2-8H2,1H3. The van der Waals surface area contributed by atoms with Gasteiger partial charge in [0.15, 0.2) is 0 Å². The van der Waals surface area contributed by atoms with Gasteiger partial charge in [0.05, 0.1) is 6.10 Å². The topological polar surface area (TPSA) is 21.3 Å². The van der Waals surface area contributed by atoms with E-state index in [1.54, 1.807) is 0 Å². The highest BCUT2D eigenvalue weighted by Gasteiger charge is 2.38. The van der Waals surface area contributed by atoms with E-state index in [2.05, 4.69) is 5.32 Å². The third-order valence-corrected chi connectivity index (χ3v) is 3.48. The minimum absolute atomic E-state index is 0.471. The number of piperidine rings is 1. The van der Waals surface area contributed by atoms with Gasteiger partial charge in [0.2, 0.25) is 0 Å². The van der Waals surface area contributed by atoms with Crippen molar-refractivity contribution in [2.75, 3.05) is 13.7 Å². The summed E-state index contributed by atoms with van der Waals surface area (Å²) in [6.45, 7) is 1.15. The molecule has 0 amide bonds. The Bertz CT molecular complexity index is 152. The van der Waals surface area contributed by atoms with E-state index in [9.17, 15) is 0 Å². The predicted octanol–water partition coefficient (Wildman–Crippen LogP) is 1.70. The Labute approximate surface area is 74.7 Å². The molecule has 1 saturated heterocycles. The Morgan fingerprint density at radius 2 is 2.08 bits per heavy atom. The summed E-state index contributed by atoms with van der Waals surface area (Å²) in [7, 11) is 1.85. The van der Waals surface area contributed by atoms with Gasteiger partial charge in [0, 0.05) is 12.6 Å². The summed E-state index contributed by atoms with van der Waals surface area (Å²) in [6, 6.07) is 0. The molecule has 2 fully saturated rings. The van der Waals surface area contributed by atoms with E-state index >= 15 is 0 Å². The molecule has 0 radical (unpaired) electrons. The molecule has 1 atom stereocenters. The third-order valence-electron chi connectivity index (χ3n) is 3.48. The quantitative estimate of drug-likeness (QED) is 0.645. The highest BCUT2D eigenvalue weighted by Crippen LogP contribution is 2.36. The summed E-state index contributed by atoms with van der Waals surface area (Å²) in [6.07, 6.45) is 8.50. The van der Waals surface area contributed by atoms with Crippen LogP contribution < -0.4 is 5.32 Å². The van der Waals surface area contributed by atoms with Gasteiger partial charge in [-0.3, -0.25) is 0 Å². The van der Waals surface area contributed by atoms with Gasteiger partial charge in [0.1, 0.15) is 0 Å². The summed E-state index contributed by atoms with van der Waals surface area (Å²) in [4.78, 5) is 0. The molecule has 2 aliphatic rings. The molecular formula is C10H19NO. The van der Waals surface area contributed by atoms with E-state index in [0.717, 1.165) is 6.54 Å². The van der Waals surface area contributed by atoms with Crippen molar-refractivity contribution in [3.05, 3.63) is 0 Å². The number of nitrogens with one attached hydrogen (secondary N) is 1. The number of ether oxygens (including phenoxy) is 1. The fraction of sp³-hybridized carbons (Fsp3) is 1.00. The number of hydrogen-bond donors (Lipinski definition) is 1. The van der Waals surface area contributed by atoms with Crippen molar-refractivity contribution >= 4 is 0 Å². The summed E-state index contributed by atoms with van der Waals surface area (Å²) in [5.41, 5.74) is 0.471. The average molecular weight is 169 g/mol. The van der Waals surface area contributed by atoms with Crippen LogP contribution in [0.2, 0.25) is 0 Å². The molecule has 1 spiro atoms. The first-order chi connectivity index (χ1) is 5.85. The Hall–Kier alpha value is -0.0800. The molecule has 1 N–H and O–H groups in total. The maximum atomic E-state index is 5.44. The van der Waals surface area contributed by atoms with Crippen LogP contribution in [0.4, 0.5) is 0 Å². The molecule has 2 nitrogen and oxygen atoms in total. The summed E-state index contributed by atoms with van der Waals surface area (Å²) >= 11 is 0. The molecule has 1 heterocycles. The SMILES string of the molecule is COC1CCNC2(CCCC2)C1. The van der Waals surface area contributed by atoms with Crippen molar-refractivity contribution in [3.8, 4) is 0 Å². The highest BCUT2D eigenvalue weighted by molar-refractivity contribution is 4.97. The first-order valence-electron chi connectivity index (χ1n) is 5.12. The molecule has 0 aromatic carbocycles. The molecule has 70 valence electrons. The first kappa shape index (κ1) is 8.52. The van der Waals surface area contributed by atoms with Crippen LogP contribution in [0.15, 0.2) is 0 Å². The van der Waals surface area contributed by atoms with Gasteiger partial charge in [-0.25, -0.2) is 0 Å². The molecule has 2 rings (SSSR count). The lowest BCUT2D eigenvalue weighted by Gasteiger charge is -2.38. The zero-order valence-electron chi connectivity index (χ0n) is 7.94. The van der Waals surface area contributed by atoms with Gasteiger partial charge in [-0.2, -0.15) is 0 Å². The molecule has 0 aromatic heterocycles. The fourth-order valence-corrected chi connectivity index (χ4v) is 2.74. The second-order valence-electron chi connectivity index (χ2n) is 4.26. The first-order valence-corrected chi connectivity index (χ1v) is 5.12. The van der Waals surface area contributed by atoms with Crippen molar-refractivity contribution in [3.63, 3.8) is 0 Å². The molecule has 12 heavy (non-hydrogen) atoms. The summed E-state index contributed by atoms with van der Waals surface area (Å²) in [5.74, 6) is 0. The highest BCUT2D eigenvalue weighted by atomic mass is 16.5. The minimum atomic E-state index is 0.471. The van der Waals surface area contributed by atoms with E-state index in [1.165, 1.54) is 38.5 Å². The van der Waals surface area contributed by atoms with Crippen molar-refractivity contribution in [1.29, 1.82) is 0 Å². The number of methoxy groups -OCH3 is 1. The van der Waals surface area contributed by atoms with Crippen LogP contribution in [0.5, 0.6) is 0 Å². The molecule has 1 unspecified atom stereocenters. The van der Waals surface area contributed by atoms with Crippen molar-refractivity contribution in [1.82, 2.24) is 5.32 Å².